The highest BCUT2D eigenvalue weighted by atomic mass is 16.5. The molecule has 22 heavy (non-hydrogen) atoms. The fourth-order valence-corrected chi connectivity index (χ4v) is 3.48. The van der Waals surface area contributed by atoms with Gasteiger partial charge in [0.1, 0.15) is 6.10 Å². The predicted octanol–water partition coefficient (Wildman–Crippen LogP) is 0.944. The van der Waals surface area contributed by atoms with Crippen LogP contribution < -0.4 is 5.73 Å². The van der Waals surface area contributed by atoms with Crippen LogP contribution in [0, 0.1) is 0 Å². The zero-order valence-electron chi connectivity index (χ0n) is 12.8. The number of benzene rings is 1. The van der Waals surface area contributed by atoms with Gasteiger partial charge in [-0.3, -0.25) is 4.79 Å². The third-order valence-electron chi connectivity index (χ3n) is 4.86. The van der Waals surface area contributed by atoms with E-state index < -0.39 is 11.7 Å². The Labute approximate surface area is 131 Å². The number of likely N-dealkylation sites (tertiary alicyclic amines) is 1. The van der Waals surface area contributed by atoms with Crippen LogP contribution in [-0.2, 0) is 11.2 Å². The van der Waals surface area contributed by atoms with Crippen molar-refractivity contribution < 1.29 is 14.6 Å². The van der Waals surface area contributed by atoms with Crippen molar-refractivity contribution in [1.29, 1.82) is 0 Å². The van der Waals surface area contributed by atoms with Crippen molar-refractivity contribution in [2.24, 2.45) is 5.73 Å². The number of rotatable bonds is 3. The van der Waals surface area contributed by atoms with Gasteiger partial charge in [0, 0.05) is 25.3 Å². The van der Waals surface area contributed by atoms with Crippen molar-refractivity contribution in [3.8, 4) is 0 Å². The first kappa shape index (κ1) is 15.5. The van der Waals surface area contributed by atoms with Gasteiger partial charge in [-0.25, -0.2) is 0 Å². The highest BCUT2D eigenvalue weighted by Gasteiger charge is 2.46. The Hall–Kier alpha value is -1.43. The number of hydrogen-bond donors (Lipinski definition) is 2. The molecule has 0 unspecified atom stereocenters. The molecule has 2 atom stereocenters. The molecule has 5 nitrogen and oxygen atoms in total. The Morgan fingerprint density at radius 3 is 2.73 bits per heavy atom. The minimum absolute atomic E-state index is 0.0220. The molecule has 1 amide bonds. The molecule has 2 saturated heterocycles. The maximum Gasteiger partial charge on any atom is 0.253 e. The Bertz CT molecular complexity index is 523. The molecule has 0 radical (unpaired) electrons. The third-order valence-corrected chi connectivity index (χ3v) is 4.86. The molecular weight excluding hydrogens is 280 g/mol. The molecule has 2 heterocycles. The molecule has 0 aromatic heterocycles. The Morgan fingerprint density at radius 1 is 1.36 bits per heavy atom. The van der Waals surface area contributed by atoms with E-state index in [9.17, 15) is 9.90 Å². The van der Waals surface area contributed by atoms with E-state index in [0.717, 1.165) is 24.8 Å². The van der Waals surface area contributed by atoms with E-state index in [4.69, 9.17) is 10.5 Å². The zero-order chi connectivity index (χ0) is 15.6. The second-order valence-corrected chi connectivity index (χ2v) is 6.27. The molecule has 2 aliphatic heterocycles. The van der Waals surface area contributed by atoms with Gasteiger partial charge in [-0.2, -0.15) is 0 Å². The minimum atomic E-state index is -0.593. The lowest BCUT2D eigenvalue weighted by molar-refractivity contribution is -0.122. The minimum Gasteiger partial charge on any atom is -0.388 e. The van der Waals surface area contributed by atoms with Crippen LogP contribution in [0.5, 0.6) is 0 Å². The lowest BCUT2D eigenvalue weighted by Gasteiger charge is -2.42. The van der Waals surface area contributed by atoms with Crippen LogP contribution in [-0.4, -0.2) is 53.9 Å². The van der Waals surface area contributed by atoms with Crippen molar-refractivity contribution in [2.75, 3.05) is 26.2 Å². The number of aliphatic hydroxyl groups excluding tert-OH is 1. The first-order valence-electron chi connectivity index (χ1n) is 8.05. The van der Waals surface area contributed by atoms with Gasteiger partial charge in [0.2, 0.25) is 0 Å². The van der Waals surface area contributed by atoms with Crippen molar-refractivity contribution in [2.45, 2.75) is 37.4 Å². The van der Waals surface area contributed by atoms with Gasteiger partial charge in [-0.1, -0.05) is 12.1 Å². The summed E-state index contributed by atoms with van der Waals surface area (Å²) < 4.78 is 5.77. The largest absolute Gasteiger partial charge is 0.388 e. The van der Waals surface area contributed by atoms with Crippen molar-refractivity contribution in [3.05, 3.63) is 35.4 Å². The number of amides is 1. The number of piperidine rings is 1. The van der Waals surface area contributed by atoms with Gasteiger partial charge in [-0.15, -0.1) is 0 Å². The van der Waals surface area contributed by atoms with Crippen molar-refractivity contribution in [3.63, 3.8) is 0 Å². The number of carbonyl (C=O) groups is 1. The number of β-amino-alcohol motifs (C(OH)–C–C–N with tert-alkyl or cyclic N) is 1. The SMILES string of the molecule is NCCc1ccc(C(=O)N2CC[C@@]3(CCCO3)[C@@H](O)C2)cc1. The molecule has 1 aromatic carbocycles. The maximum atomic E-state index is 12.6. The fraction of sp³-hybridized carbons (Fsp3) is 0.588. The van der Waals surface area contributed by atoms with Gasteiger partial charge in [0.25, 0.3) is 5.91 Å². The molecule has 1 aromatic rings. The monoisotopic (exact) mass is 304 g/mol. The second-order valence-electron chi connectivity index (χ2n) is 6.27. The fourth-order valence-electron chi connectivity index (χ4n) is 3.48. The van der Waals surface area contributed by atoms with Crippen LogP contribution in [0.3, 0.4) is 0 Å². The number of hydrogen-bond acceptors (Lipinski definition) is 4. The highest BCUT2D eigenvalue weighted by molar-refractivity contribution is 5.94. The van der Waals surface area contributed by atoms with Crippen LogP contribution in [0.15, 0.2) is 24.3 Å². The normalized spacial score (nSPS) is 28.3. The van der Waals surface area contributed by atoms with Crippen LogP contribution in [0.2, 0.25) is 0 Å². The summed E-state index contributed by atoms with van der Waals surface area (Å²) in [5, 5.41) is 10.4. The molecule has 0 bridgehead atoms. The van der Waals surface area contributed by atoms with E-state index in [1.165, 1.54) is 0 Å². The number of nitrogens with zero attached hydrogens (tertiary/aromatic N) is 1. The predicted molar refractivity (Wildman–Crippen MR) is 83.6 cm³/mol. The molecule has 0 aliphatic carbocycles. The smallest absolute Gasteiger partial charge is 0.253 e. The quantitative estimate of drug-likeness (QED) is 0.871. The van der Waals surface area contributed by atoms with E-state index in [0.29, 0.717) is 38.2 Å². The summed E-state index contributed by atoms with van der Waals surface area (Å²) in [6, 6.07) is 7.58. The van der Waals surface area contributed by atoms with Gasteiger partial charge < -0.3 is 20.5 Å². The van der Waals surface area contributed by atoms with Crippen molar-refractivity contribution >= 4 is 5.91 Å². The third kappa shape index (κ3) is 2.89. The van der Waals surface area contributed by atoms with Gasteiger partial charge in [0.15, 0.2) is 0 Å². The zero-order valence-corrected chi connectivity index (χ0v) is 12.8. The van der Waals surface area contributed by atoms with E-state index >= 15 is 0 Å². The molecule has 2 aliphatic rings. The summed E-state index contributed by atoms with van der Waals surface area (Å²) in [5.74, 6) is -0.0220. The van der Waals surface area contributed by atoms with E-state index in [2.05, 4.69) is 0 Å². The Balaban J connectivity index is 1.65. The standard InChI is InChI=1S/C17H24N2O3/c18-9-6-13-2-4-14(5-3-13)16(21)19-10-8-17(15(20)12-19)7-1-11-22-17/h2-5,15,20H,1,6-12,18H2/t15-,17-/m0/s1. The number of aliphatic hydroxyl groups is 1. The highest BCUT2D eigenvalue weighted by Crippen LogP contribution is 2.36. The first-order valence-corrected chi connectivity index (χ1v) is 8.05. The second kappa shape index (κ2) is 6.36. The lowest BCUT2D eigenvalue weighted by Crippen LogP contribution is -2.56. The molecular formula is C17H24N2O3. The molecule has 5 heteroatoms. The summed E-state index contributed by atoms with van der Waals surface area (Å²) in [5.41, 5.74) is 6.92. The van der Waals surface area contributed by atoms with E-state index in [1.807, 2.05) is 24.3 Å². The summed E-state index contributed by atoms with van der Waals surface area (Å²) >= 11 is 0. The van der Waals surface area contributed by atoms with Crippen LogP contribution in [0.1, 0.15) is 35.2 Å². The number of ether oxygens (including phenoxy) is 1. The molecule has 3 rings (SSSR count). The Morgan fingerprint density at radius 2 is 2.14 bits per heavy atom. The van der Waals surface area contributed by atoms with Gasteiger partial charge in [-0.05, 0) is 49.9 Å². The topological polar surface area (TPSA) is 75.8 Å². The average molecular weight is 304 g/mol. The average Bonchev–Trinajstić information content (AvgIpc) is 3.00. The van der Waals surface area contributed by atoms with Crippen LogP contribution >= 0.6 is 0 Å². The summed E-state index contributed by atoms with van der Waals surface area (Å²) in [6.07, 6.45) is 2.82. The molecule has 2 fully saturated rings. The molecule has 1 spiro atoms. The maximum absolute atomic E-state index is 12.6. The lowest BCUT2D eigenvalue weighted by atomic mass is 9.86. The summed E-state index contributed by atoms with van der Waals surface area (Å²) in [6.45, 7) is 2.31. The number of carbonyl (C=O) groups excluding carboxylic acids is 1. The first-order chi connectivity index (χ1) is 10.6. The molecule has 120 valence electrons. The van der Waals surface area contributed by atoms with Crippen LogP contribution in [0.25, 0.3) is 0 Å². The van der Waals surface area contributed by atoms with Crippen LogP contribution in [0.4, 0.5) is 0 Å². The van der Waals surface area contributed by atoms with Crippen molar-refractivity contribution in [1.82, 2.24) is 4.90 Å². The van der Waals surface area contributed by atoms with Gasteiger partial charge >= 0.3 is 0 Å². The Kier molecular flexibility index (Phi) is 4.47. The molecule has 0 saturated carbocycles. The summed E-state index contributed by atoms with van der Waals surface area (Å²) in [4.78, 5) is 14.3. The van der Waals surface area contributed by atoms with E-state index in [-0.39, 0.29) is 5.91 Å². The van der Waals surface area contributed by atoms with Gasteiger partial charge in [0.05, 0.1) is 5.60 Å². The molecule has 3 N–H and O–H groups in total. The van der Waals surface area contributed by atoms with E-state index in [1.54, 1.807) is 4.90 Å². The summed E-state index contributed by atoms with van der Waals surface area (Å²) in [7, 11) is 0. The number of nitrogens with two attached hydrogens (primary N) is 1.